The molecule has 0 aromatic carbocycles. The molecule has 2 aliphatic rings. The van der Waals surface area contributed by atoms with Crippen LogP contribution in [0.2, 0.25) is 0 Å². The first-order chi connectivity index (χ1) is 10.4. The van der Waals surface area contributed by atoms with E-state index in [4.69, 9.17) is 9.73 Å². The summed E-state index contributed by atoms with van der Waals surface area (Å²) in [4.78, 5) is 9.78. The molecular weight excluding hydrogens is 276 g/mol. The van der Waals surface area contributed by atoms with Crippen LogP contribution in [0.4, 0.5) is 0 Å². The minimum atomic E-state index is 0.147. The fraction of sp³-hybridized carbons (Fsp3) is 0.941. The Bertz CT molecular complexity index is 386. The van der Waals surface area contributed by atoms with E-state index in [9.17, 15) is 0 Å². The van der Waals surface area contributed by atoms with Crippen LogP contribution in [-0.4, -0.2) is 74.8 Å². The van der Waals surface area contributed by atoms with Gasteiger partial charge in [-0.05, 0) is 45.7 Å². The Morgan fingerprint density at radius 1 is 1.23 bits per heavy atom. The number of nitrogens with zero attached hydrogens (tertiary/aromatic N) is 3. The molecule has 0 aromatic rings. The molecule has 5 nitrogen and oxygen atoms in total. The SMILES string of the molecule is CCNC(=NCC1(N(C)C)CCOCC1)N1CCC(C)(C)C1. The highest BCUT2D eigenvalue weighted by atomic mass is 16.5. The van der Waals surface area contributed by atoms with Crippen molar-refractivity contribution in [2.24, 2.45) is 10.4 Å². The molecule has 22 heavy (non-hydrogen) atoms. The van der Waals surface area contributed by atoms with E-state index in [-0.39, 0.29) is 5.54 Å². The second-order valence-corrected chi connectivity index (χ2v) is 7.74. The number of hydrogen-bond acceptors (Lipinski definition) is 3. The van der Waals surface area contributed by atoms with Gasteiger partial charge in [0.2, 0.25) is 0 Å². The van der Waals surface area contributed by atoms with E-state index in [1.165, 1.54) is 6.42 Å². The van der Waals surface area contributed by atoms with E-state index in [2.05, 4.69) is 50.0 Å². The molecule has 0 radical (unpaired) electrons. The van der Waals surface area contributed by atoms with Gasteiger partial charge in [0.05, 0.1) is 6.54 Å². The molecule has 1 N–H and O–H groups in total. The van der Waals surface area contributed by atoms with Crippen molar-refractivity contribution in [1.29, 1.82) is 0 Å². The first kappa shape index (κ1) is 17.5. The zero-order valence-electron chi connectivity index (χ0n) is 15.1. The fourth-order valence-corrected chi connectivity index (χ4v) is 3.44. The summed E-state index contributed by atoms with van der Waals surface area (Å²) < 4.78 is 5.56. The summed E-state index contributed by atoms with van der Waals surface area (Å²) >= 11 is 0. The second kappa shape index (κ2) is 7.18. The lowest BCUT2D eigenvalue weighted by Gasteiger charge is -2.42. The van der Waals surface area contributed by atoms with Gasteiger partial charge in [0.15, 0.2) is 5.96 Å². The van der Waals surface area contributed by atoms with Gasteiger partial charge in [-0.25, -0.2) is 0 Å². The average Bonchev–Trinajstić information content (AvgIpc) is 2.84. The highest BCUT2D eigenvalue weighted by Crippen LogP contribution is 2.29. The van der Waals surface area contributed by atoms with Crippen molar-refractivity contribution in [2.75, 3.05) is 53.5 Å². The molecule has 2 heterocycles. The molecule has 0 spiro atoms. The smallest absolute Gasteiger partial charge is 0.193 e. The minimum Gasteiger partial charge on any atom is -0.381 e. The van der Waals surface area contributed by atoms with Gasteiger partial charge in [0.25, 0.3) is 0 Å². The van der Waals surface area contributed by atoms with Gasteiger partial charge in [-0.3, -0.25) is 4.99 Å². The molecule has 2 rings (SSSR count). The lowest BCUT2D eigenvalue weighted by atomic mass is 9.89. The summed E-state index contributed by atoms with van der Waals surface area (Å²) in [6, 6.07) is 0. The quantitative estimate of drug-likeness (QED) is 0.635. The Kier molecular flexibility index (Phi) is 5.72. The molecule has 0 bridgehead atoms. The van der Waals surface area contributed by atoms with Gasteiger partial charge in [-0.1, -0.05) is 13.8 Å². The zero-order chi connectivity index (χ0) is 16.2. The Hall–Kier alpha value is -0.810. The molecule has 0 amide bonds. The maximum absolute atomic E-state index is 5.56. The summed E-state index contributed by atoms with van der Waals surface area (Å²) in [5.74, 6) is 1.08. The van der Waals surface area contributed by atoms with Crippen LogP contribution in [0.3, 0.4) is 0 Å². The van der Waals surface area contributed by atoms with Gasteiger partial charge < -0.3 is 19.9 Å². The molecule has 0 unspecified atom stereocenters. The highest BCUT2D eigenvalue weighted by Gasteiger charge is 2.36. The number of nitrogens with one attached hydrogen (secondary N) is 1. The van der Waals surface area contributed by atoms with Crippen LogP contribution in [0.15, 0.2) is 4.99 Å². The van der Waals surface area contributed by atoms with E-state index in [1.807, 2.05) is 0 Å². The number of guanidine groups is 1. The van der Waals surface area contributed by atoms with Crippen molar-refractivity contribution in [1.82, 2.24) is 15.1 Å². The van der Waals surface area contributed by atoms with Crippen molar-refractivity contribution in [3.8, 4) is 0 Å². The molecule has 2 aliphatic heterocycles. The molecule has 128 valence electrons. The summed E-state index contributed by atoms with van der Waals surface area (Å²) in [6.07, 6.45) is 3.37. The summed E-state index contributed by atoms with van der Waals surface area (Å²) in [7, 11) is 4.35. The summed E-state index contributed by atoms with van der Waals surface area (Å²) in [5, 5.41) is 3.48. The van der Waals surface area contributed by atoms with Gasteiger partial charge in [0, 0.05) is 38.4 Å². The van der Waals surface area contributed by atoms with Gasteiger partial charge >= 0.3 is 0 Å². The first-order valence-electron chi connectivity index (χ1n) is 8.67. The molecule has 2 fully saturated rings. The van der Waals surface area contributed by atoms with Crippen molar-refractivity contribution in [3.63, 3.8) is 0 Å². The fourth-order valence-electron chi connectivity index (χ4n) is 3.44. The predicted molar refractivity (Wildman–Crippen MR) is 92.4 cm³/mol. The standard InChI is InChI=1S/C17H34N4O/c1-6-18-15(21-10-7-16(2,3)14-21)19-13-17(20(4)5)8-11-22-12-9-17/h6-14H2,1-5H3,(H,18,19). The number of likely N-dealkylation sites (tertiary alicyclic amines) is 1. The van der Waals surface area contributed by atoms with Gasteiger partial charge in [-0.2, -0.15) is 0 Å². The van der Waals surface area contributed by atoms with E-state index in [0.29, 0.717) is 5.41 Å². The topological polar surface area (TPSA) is 40.1 Å². The van der Waals surface area contributed by atoms with E-state index in [0.717, 1.165) is 58.2 Å². The predicted octanol–water partition coefficient (Wildman–Crippen LogP) is 1.79. The Morgan fingerprint density at radius 3 is 2.41 bits per heavy atom. The van der Waals surface area contributed by atoms with Crippen molar-refractivity contribution < 1.29 is 4.74 Å². The van der Waals surface area contributed by atoms with Crippen molar-refractivity contribution >= 4 is 5.96 Å². The van der Waals surface area contributed by atoms with Crippen LogP contribution < -0.4 is 5.32 Å². The maximum atomic E-state index is 5.56. The average molecular weight is 310 g/mol. The number of ether oxygens (including phenoxy) is 1. The zero-order valence-corrected chi connectivity index (χ0v) is 15.1. The molecule has 0 aromatic heterocycles. The molecule has 5 heteroatoms. The monoisotopic (exact) mass is 310 g/mol. The van der Waals surface area contributed by atoms with Crippen LogP contribution in [0.25, 0.3) is 0 Å². The number of likely N-dealkylation sites (N-methyl/N-ethyl adjacent to an activating group) is 1. The minimum absolute atomic E-state index is 0.147. The van der Waals surface area contributed by atoms with Crippen LogP contribution in [0.1, 0.15) is 40.0 Å². The van der Waals surface area contributed by atoms with Crippen LogP contribution in [-0.2, 0) is 4.74 Å². The summed E-state index contributed by atoms with van der Waals surface area (Å²) in [6.45, 7) is 12.5. The highest BCUT2D eigenvalue weighted by molar-refractivity contribution is 5.80. The molecule has 0 saturated carbocycles. The Morgan fingerprint density at radius 2 is 1.91 bits per heavy atom. The second-order valence-electron chi connectivity index (χ2n) is 7.74. The normalized spacial score (nSPS) is 24.8. The molecule has 2 saturated heterocycles. The van der Waals surface area contributed by atoms with Crippen molar-refractivity contribution in [2.45, 2.75) is 45.6 Å². The number of hydrogen-bond donors (Lipinski definition) is 1. The van der Waals surface area contributed by atoms with Gasteiger partial charge in [0.1, 0.15) is 0 Å². The third-order valence-electron chi connectivity index (χ3n) is 5.21. The maximum Gasteiger partial charge on any atom is 0.193 e. The van der Waals surface area contributed by atoms with Crippen molar-refractivity contribution in [3.05, 3.63) is 0 Å². The largest absolute Gasteiger partial charge is 0.381 e. The van der Waals surface area contributed by atoms with E-state index >= 15 is 0 Å². The van der Waals surface area contributed by atoms with Crippen LogP contribution >= 0.6 is 0 Å². The lowest BCUT2D eigenvalue weighted by molar-refractivity contribution is -0.00263. The molecule has 0 aliphatic carbocycles. The van der Waals surface area contributed by atoms with Crippen LogP contribution in [0.5, 0.6) is 0 Å². The summed E-state index contributed by atoms with van der Waals surface area (Å²) in [5.41, 5.74) is 0.544. The third-order valence-corrected chi connectivity index (χ3v) is 5.21. The Labute approximate surface area is 136 Å². The number of aliphatic imine (C=N–C) groups is 1. The van der Waals surface area contributed by atoms with Gasteiger partial charge in [-0.15, -0.1) is 0 Å². The van der Waals surface area contributed by atoms with Crippen LogP contribution in [0, 0.1) is 5.41 Å². The Balaban J connectivity index is 2.08. The molecule has 0 atom stereocenters. The van der Waals surface area contributed by atoms with E-state index < -0.39 is 0 Å². The molecular formula is C17H34N4O. The first-order valence-corrected chi connectivity index (χ1v) is 8.67. The van der Waals surface area contributed by atoms with E-state index in [1.54, 1.807) is 0 Å². The number of rotatable bonds is 4. The third kappa shape index (κ3) is 4.13. The lowest BCUT2D eigenvalue weighted by Crippen LogP contribution is -2.52.